The summed E-state index contributed by atoms with van der Waals surface area (Å²) in [7, 11) is 0. The van der Waals surface area contributed by atoms with Gasteiger partial charge in [0.1, 0.15) is 11.6 Å². The molecule has 0 heterocycles. The number of hydrogen-bond donors (Lipinski definition) is 1. The fourth-order valence-corrected chi connectivity index (χ4v) is 5.11. The molecule has 4 bridgehead atoms. The molecule has 0 spiro atoms. The number of hydrogen-bond acceptors (Lipinski definition) is 3. The van der Waals surface area contributed by atoms with Crippen molar-refractivity contribution >= 4 is 5.97 Å². The average Bonchev–Trinajstić information content (AvgIpc) is 2.25. The Bertz CT molecular complexity index is 347. The third kappa shape index (κ3) is 2.31. The molecule has 0 amide bonds. The van der Waals surface area contributed by atoms with E-state index in [4.69, 9.17) is 10.5 Å². The lowest BCUT2D eigenvalue weighted by atomic mass is 9.48. The van der Waals surface area contributed by atoms with Crippen molar-refractivity contribution in [2.75, 3.05) is 0 Å². The third-order valence-electron chi connectivity index (χ3n) is 5.76. The number of carbonyl (C=O) groups excluding carboxylic acids is 1. The van der Waals surface area contributed by atoms with E-state index in [1.165, 1.54) is 38.5 Å². The van der Waals surface area contributed by atoms with Gasteiger partial charge in [-0.1, -0.05) is 0 Å². The van der Waals surface area contributed by atoms with Crippen LogP contribution in [-0.2, 0) is 9.53 Å². The minimum absolute atomic E-state index is 0.0243. The maximum atomic E-state index is 12.0. The Morgan fingerprint density at radius 1 is 1.16 bits per heavy atom. The Morgan fingerprint density at radius 3 is 1.95 bits per heavy atom. The zero-order valence-electron chi connectivity index (χ0n) is 12.4. The first-order valence-corrected chi connectivity index (χ1v) is 7.78. The minimum atomic E-state index is -0.878. The predicted octanol–water partition coefficient (Wildman–Crippen LogP) is 2.87. The van der Waals surface area contributed by atoms with Crippen LogP contribution < -0.4 is 5.73 Å². The maximum absolute atomic E-state index is 12.0. The molecule has 0 aromatic heterocycles. The average molecular weight is 265 g/mol. The molecule has 2 N–H and O–H groups in total. The van der Waals surface area contributed by atoms with E-state index >= 15 is 0 Å². The summed E-state index contributed by atoms with van der Waals surface area (Å²) < 4.78 is 5.74. The second-order valence-corrected chi connectivity index (χ2v) is 8.05. The van der Waals surface area contributed by atoms with Gasteiger partial charge in [-0.25, -0.2) is 0 Å². The Morgan fingerprint density at radius 2 is 1.58 bits per heavy atom. The molecular weight excluding hydrogens is 238 g/mol. The van der Waals surface area contributed by atoms with Gasteiger partial charge in [-0.2, -0.15) is 0 Å². The normalized spacial score (nSPS) is 42.2. The molecule has 0 aromatic carbocycles. The number of rotatable bonds is 3. The molecule has 19 heavy (non-hydrogen) atoms. The first-order valence-electron chi connectivity index (χ1n) is 7.78. The number of esters is 1. The first-order chi connectivity index (χ1) is 8.78. The lowest BCUT2D eigenvalue weighted by Gasteiger charge is -2.58. The van der Waals surface area contributed by atoms with Crippen LogP contribution in [0.4, 0.5) is 0 Å². The first kappa shape index (κ1) is 13.4. The van der Waals surface area contributed by atoms with Crippen molar-refractivity contribution in [3.05, 3.63) is 0 Å². The van der Waals surface area contributed by atoms with Crippen LogP contribution in [0.1, 0.15) is 59.3 Å². The van der Waals surface area contributed by atoms with E-state index in [0.29, 0.717) is 0 Å². The van der Waals surface area contributed by atoms with Crippen molar-refractivity contribution in [2.45, 2.75) is 70.9 Å². The second kappa shape index (κ2) is 4.21. The summed E-state index contributed by atoms with van der Waals surface area (Å²) in [5, 5.41) is 0. The summed E-state index contributed by atoms with van der Waals surface area (Å²) >= 11 is 0. The van der Waals surface area contributed by atoms with Crippen molar-refractivity contribution in [2.24, 2.45) is 28.9 Å². The molecule has 4 aliphatic rings. The van der Waals surface area contributed by atoms with Gasteiger partial charge >= 0.3 is 5.97 Å². The molecule has 1 unspecified atom stereocenters. The largest absolute Gasteiger partial charge is 0.461 e. The predicted molar refractivity (Wildman–Crippen MR) is 74.4 cm³/mol. The van der Waals surface area contributed by atoms with E-state index in [-0.39, 0.29) is 17.5 Å². The molecule has 3 heteroatoms. The molecule has 0 aliphatic heterocycles. The van der Waals surface area contributed by atoms with Crippen LogP contribution in [0.3, 0.4) is 0 Å². The highest BCUT2D eigenvalue weighted by molar-refractivity contribution is 5.79. The molecule has 4 aliphatic carbocycles. The molecule has 4 fully saturated rings. The quantitative estimate of drug-likeness (QED) is 0.798. The highest BCUT2D eigenvalue weighted by Gasteiger charge is 2.54. The monoisotopic (exact) mass is 265 g/mol. The van der Waals surface area contributed by atoms with Crippen molar-refractivity contribution in [1.29, 1.82) is 0 Å². The van der Waals surface area contributed by atoms with E-state index in [2.05, 4.69) is 6.92 Å². The molecule has 0 aromatic rings. The van der Waals surface area contributed by atoms with Crippen LogP contribution in [0.5, 0.6) is 0 Å². The van der Waals surface area contributed by atoms with Crippen LogP contribution in [0.15, 0.2) is 0 Å². The molecule has 108 valence electrons. The summed E-state index contributed by atoms with van der Waals surface area (Å²) in [4.78, 5) is 12.0. The minimum Gasteiger partial charge on any atom is -0.461 e. The van der Waals surface area contributed by atoms with Crippen molar-refractivity contribution in [1.82, 2.24) is 0 Å². The van der Waals surface area contributed by atoms with Gasteiger partial charge in [0, 0.05) is 5.41 Å². The topological polar surface area (TPSA) is 52.3 Å². The highest BCUT2D eigenvalue weighted by atomic mass is 16.5. The van der Waals surface area contributed by atoms with Gasteiger partial charge in [0.25, 0.3) is 0 Å². The third-order valence-corrected chi connectivity index (χ3v) is 5.76. The second-order valence-electron chi connectivity index (χ2n) is 8.05. The fourth-order valence-electron chi connectivity index (χ4n) is 5.11. The van der Waals surface area contributed by atoms with Gasteiger partial charge in [0.15, 0.2) is 0 Å². The SMILES string of the molecule is CC(OC(=O)C(C)(C)N)C12CC3CC(CC(C3)C1)C2. The van der Waals surface area contributed by atoms with E-state index in [1.807, 2.05) is 0 Å². The Balaban J connectivity index is 1.73. The molecule has 3 nitrogen and oxygen atoms in total. The van der Waals surface area contributed by atoms with Crippen LogP contribution in [-0.4, -0.2) is 17.6 Å². The maximum Gasteiger partial charge on any atom is 0.325 e. The molecule has 0 radical (unpaired) electrons. The Labute approximate surface area is 116 Å². The van der Waals surface area contributed by atoms with Crippen LogP contribution in [0.2, 0.25) is 0 Å². The van der Waals surface area contributed by atoms with Gasteiger partial charge < -0.3 is 10.5 Å². The molecule has 4 rings (SSSR count). The van der Waals surface area contributed by atoms with Crippen LogP contribution >= 0.6 is 0 Å². The summed E-state index contributed by atoms with van der Waals surface area (Å²) in [5.74, 6) is 2.41. The Hall–Kier alpha value is -0.570. The Kier molecular flexibility index (Phi) is 2.97. The lowest BCUT2D eigenvalue weighted by molar-refractivity contribution is -0.174. The van der Waals surface area contributed by atoms with E-state index in [9.17, 15) is 4.79 Å². The van der Waals surface area contributed by atoms with Gasteiger partial charge in [0.2, 0.25) is 0 Å². The van der Waals surface area contributed by atoms with E-state index in [0.717, 1.165) is 17.8 Å². The summed E-state index contributed by atoms with van der Waals surface area (Å²) in [6.45, 7) is 5.54. The smallest absolute Gasteiger partial charge is 0.325 e. The number of ether oxygens (including phenoxy) is 1. The number of nitrogens with two attached hydrogens (primary N) is 1. The van der Waals surface area contributed by atoms with Gasteiger partial charge in [-0.05, 0) is 77.0 Å². The highest BCUT2D eigenvalue weighted by Crippen LogP contribution is 2.61. The van der Waals surface area contributed by atoms with Crippen LogP contribution in [0.25, 0.3) is 0 Å². The fraction of sp³-hybridized carbons (Fsp3) is 0.938. The summed E-state index contributed by atoms with van der Waals surface area (Å²) in [6, 6.07) is 0. The summed E-state index contributed by atoms with van der Waals surface area (Å²) in [6.07, 6.45) is 8.07. The van der Waals surface area contributed by atoms with E-state index < -0.39 is 5.54 Å². The molecule has 1 atom stereocenters. The zero-order chi connectivity index (χ0) is 13.8. The standard InChI is InChI=1S/C16H27NO2/c1-10(19-14(18)15(2,3)17)16-7-11-4-12(8-16)6-13(5-11)9-16/h10-13H,4-9,17H2,1-3H3. The van der Waals surface area contributed by atoms with Gasteiger partial charge in [0.05, 0.1) is 0 Å². The molecule has 4 saturated carbocycles. The summed E-state index contributed by atoms with van der Waals surface area (Å²) in [5.41, 5.74) is 5.23. The van der Waals surface area contributed by atoms with Gasteiger partial charge in [-0.3, -0.25) is 4.79 Å². The van der Waals surface area contributed by atoms with E-state index in [1.54, 1.807) is 13.8 Å². The molecular formula is C16H27NO2. The molecule has 0 saturated heterocycles. The van der Waals surface area contributed by atoms with Gasteiger partial charge in [-0.15, -0.1) is 0 Å². The zero-order valence-corrected chi connectivity index (χ0v) is 12.4. The number of carbonyl (C=O) groups is 1. The van der Waals surface area contributed by atoms with Crippen LogP contribution in [0, 0.1) is 23.2 Å². The van der Waals surface area contributed by atoms with Crippen molar-refractivity contribution < 1.29 is 9.53 Å². The van der Waals surface area contributed by atoms with Crippen molar-refractivity contribution in [3.8, 4) is 0 Å². The lowest BCUT2D eigenvalue weighted by Crippen LogP contribution is -2.53. The van der Waals surface area contributed by atoms with Crippen molar-refractivity contribution in [3.63, 3.8) is 0 Å².